The molecule has 0 spiro atoms. The Morgan fingerprint density at radius 2 is 1.83 bits per heavy atom. The first kappa shape index (κ1) is 11.9. The average Bonchev–Trinajstić information content (AvgIpc) is 2.04. The summed E-state index contributed by atoms with van der Waals surface area (Å²) in [6, 6.07) is 0. The van der Waals surface area contributed by atoms with E-state index in [1.54, 1.807) is 13.8 Å². The molecule has 0 aromatic carbocycles. The minimum atomic E-state index is -3.43. The van der Waals surface area contributed by atoms with Crippen molar-refractivity contribution in [2.75, 3.05) is 12.9 Å². The summed E-state index contributed by atoms with van der Waals surface area (Å²) in [4.78, 5) is 0. The first-order valence-electron chi connectivity index (χ1n) is 3.87. The number of rotatable bonds is 5. The van der Waals surface area contributed by atoms with Crippen molar-refractivity contribution in [3.63, 3.8) is 0 Å². The van der Waals surface area contributed by atoms with Crippen LogP contribution in [0.4, 0.5) is 0 Å². The summed E-state index contributed by atoms with van der Waals surface area (Å²) < 4.78 is 31.8. The molecule has 0 aromatic heterocycles. The average molecular weight is 196 g/mol. The topological polar surface area (TPSA) is 52.6 Å². The molecular weight excluding hydrogens is 180 g/mol. The molecule has 4 nitrogen and oxygen atoms in total. The summed E-state index contributed by atoms with van der Waals surface area (Å²) in [5, 5.41) is 0. The Balaban J connectivity index is 4.42. The maximum Gasteiger partial charge on any atom is 0.269 e. The minimum Gasteiger partial charge on any atom is -0.352 e. The fourth-order valence-electron chi connectivity index (χ4n) is 0.565. The zero-order chi connectivity index (χ0) is 9.83. The third-order valence-electron chi connectivity index (χ3n) is 1.73. The molecule has 5 heteroatoms. The second-order valence-corrected chi connectivity index (χ2v) is 4.48. The highest BCUT2D eigenvalue weighted by Gasteiger charge is 2.28. The molecule has 12 heavy (non-hydrogen) atoms. The van der Waals surface area contributed by atoms with E-state index in [4.69, 9.17) is 8.92 Å². The molecule has 0 amide bonds. The Morgan fingerprint density at radius 1 is 1.33 bits per heavy atom. The molecule has 1 atom stereocenters. The van der Waals surface area contributed by atoms with Gasteiger partial charge in [0.05, 0.1) is 5.75 Å². The largest absolute Gasteiger partial charge is 0.352 e. The molecule has 0 aromatic rings. The summed E-state index contributed by atoms with van der Waals surface area (Å²) in [6.07, 6.45) is 0.489. The van der Waals surface area contributed by atoms with Gasteiger partial charge in [-0.05, 0) is 20.3 Å². The molecule has 0 saturated heterocycles. The fraction of sp³-hybridized carbons (Fsp3) is 1.00. The highest BCUT2D eigenvalue weighted by atomic mass is 32.2. The SMILES string of the molecule is CCC(C)(OC)OS(=O)(=O)CC. The van der Waals surface area contributed by atoms with E-state index in [9.17, 15) is 8.42 Å². The maximum absolute atomic E-state index is 11.0. The quantitative estimate of drug-likeness (QED) is 0.488. The van der Waals surface area contributed by atoms with Crippen LogP contribution in [0.2, 0.25) is 0 Å². The highest BCUT2D eigenvalue weighted by Crippen LogP contribution is 2.18. The lowest BCUT2D eigenvalue weighted by molar-refractivity contribution is -0.147. The third kappa shape index (κ3) is 3.51. The second kappa shape index (κ2) is 4.20. The number of hydrogen-bond acceptors (Lipinski definition) is 4. The molecule has 0 N–H and O–H groups in total. The first-order chi connectivity index (χ1) is 5.39. The van der Waals surface area contributed by atoms with Gasteiger partial charge in [0, 0.05) is 7.11 Å². The van der Waals surface area contributed by atoms with E-state index in [0.717, 1.165) is 0 Å². The monoisotopic (exact) mass is 196 g/mol. The van der Waals surface area contributed by atoms with Crippen LogP contribution in [0.25, 0.3) is 0 Å². The standard InChI is InChI=1S/C7H16O4S/c1-5-7(3,10-4)11-12(8,9)6-2/h5-6H2,1-4H3. The van der Waals surface area contributed by atoms with Crippen LogP contribution < -0.4 is 0 Å². The second-order valence-electron chi connectivity index (χ2n) is 2.62. The van der Waals surface area contributed by atoms with Crippen LogP contribution in [0.3, 0.4) is 0 Å². The molecule has 0 rings (SSSR count). The van der Waals surface area contributed by atoms with Gasteiger partial charge in [0.1, 0.15) is 0 Å². The van der Waals surface area contributed by atoms with E-state index in [1.165, 1.54) is 14.0 Å². The fourth-order valence-corrected chi connectivity index (χ4v) is 1.41. The van der Waals surface area contributed by atoms with Crippen LogP contribution in [-0.2, 0) is 19.0 Å². The third-order valence-corrected chi connectivity index (χ3v) is 3.04. The van der Waals surface area contributed by atoms with E-state index >= 15 is 0 Å². The van der Waals surface area contributed by atoms with Crippen molar-refractivity contribution in [1.29, 1.82) is 0 Å². The van der Waals surface area contributed by atoms with E-state index < -0.39 is 15.9 Å². The van der Waals surface area contributed by atoms with Crippen molar-refractivity contribution in [2.24, 2.45) is 0 Å². The van der Waals surface area contributed by atoms with Crippen LogP contribution >= 0.6 is 0 Å². The van der Waals surface area contributed by atoms with Crippen molar-refractivity contribution < 1.29 is 17.3 Å². The van der Waals surface area contributed by atoms with Crippen LogP contribution in [0.1, 0.15) is 27.2 Å². The molecule has 0 aliphatic carbocycles. The molecule has 0 aliphatic heterocycles. The Morgan fingerprint density at radius 3 is 2.08 bits per heavy atom. The van der Waals surface area contributed by atoms with E-state index in [2.05, 4.69) is 0 Å². The van der Waals surface area contributed by atoms with Crippen LogP contribution in [0.5, 0.6) is 0 Å². The number of hydrogen-bond donors (Lipinski definition) is 0. The normalized spacial score (nSPS) is 17.3. The Kier molecular flexibility index (Phi) is 4.16. The molecule has 0 bridgehead atoms. The van der Waals surface area contributed by atoms with Gasteiger partial charge < -0.3 is 4.74 Å². The lowest BCUT2D eigenvalue weighted by atomic mass is 10.2. The minimum absolute atomic E-state index is 0.0358. The molecule has 0 radical (unpaired) electrons. The summed E-state index contributed by atoms with van der Waals surface area (Å²) in [5.41, 5.74) is 0. The number of methoxy groups -OCH3 is 1. The Labute approximate surface area is 74.0 Å². The maximum atomic E-state index is 11.0. The van der Waals surface area contributed by atoms with Gasteiger partial charge in [0.2, 0.25) is 0 Å². The van der Waals surface area contributed by atoms with Gasteiger partial charge in [-0.25, -0.2) is 4.18 Å². The summed E-state index contributed by atoms with van der Waals surface area (Å²) in [6.45, 7) is 4.93. The van der Waals surface area contributed by atoms with Crippen LogP contribution in [-0.4, -0.2) is 27.1 Å². The Hall–Kier alpha value is -0.130. The highest BCUT2D eigenvalue weighted by molar-refractivity contribution is 7.86. The molecule has 0 heterocycles. The zero-order valence-electron chi connectivity index (χ0n) is 7.96. The van der Waals surface area contributed by atoms with Crippen molar-refractivity contribution in [3.05, 3.63) is 0 Å². The molecule has 0 saturated carbocycles. The molecule has 74 valence electrons. The lowest BCUT2D eigenvalue weighted by Gasteiger charge is -2.25. The van der Waals surface area contributed by atoms with Gasteiger partial charge >= 0.3 is 0 Å². The number of ether oxygens (including phenoxy) is 1. The molecular formula is C7H16O4S. The van der Waals surface area contributed by atoms with Crippen molar-refractivity contribution in [1.82, 2.24) is 0 Å². The predicted octanol–water partition coefficient (Wildman–Crippen LogP) is 1.13. The van der Waals surface area contributed by atoms with E-state index in [1.807, 2.05) is 0 Å². The Bertz CT molecular complexity index is 216. The molecule has 1 unspecified atom stereocenters. The van der Waals surface area contributed by atoms with Gasteiger partial charge in [-0.1, -0.05) is 6.92 Å². The van der Waals surface area contributed by atoms with E-state index in [-0.39, 0.29) is 5.75 Å². The molecule has 0 aliphatic rings. The summed E-state index contributed by atoms with van der Waals surface area (Å²) >= 11 is 0. The van der Waals surface area contributed by atoms with Gasteiger partial charge in [0.25, 0.3) is 10.1 Å². The molecule has 0 fully saturated rings. The van der Waals surface area contributed by atoms with Crippen molar-refractivity contribution >= 4 is 10.1 Å². The van der Waals surface area contributed by atoms with Crippen molar-refractivity contribution in [2.45, 2.75) is 33.0 Å². The van der Waals surface area contributed by atoms with Crippen LogP contribution in [0.15, 0.2) is 0 Å². The lowest BCUT2D eigenvalue weighted by Crippen LogP contribution is -2.33. The zero-order valence-corrected chi connectivity index (χ0v) is 8.77. The summed E-state index contributed by atoms with van der Waals surface area (Å²) in [7, 11) is -2.00. The van der Waals surface area contributed by atoms with E-state index in [0.29, 0.717) is 6.42 Å². The van der Waals surface area contributed by atoms with Crippen molar-refractivity contribution in [3.8, 4) is 0 Å². The van der Waals surface area contributed by atoms with Crippen LogP contribution in [0, 0.1) is 0 Å². The predicted molar refractivity (Wildman–Crippen MR) is 46.3 cm³/mol. The van der Waals surface area contributed by atoms with Gasteiger partial charge in [0.15, 0.2) is 5.79 Å². The summed E-state index contributed by atoms with van der Waals surface area (Å²) in [5.74, 6) is -1.05. The van der Waals surface area contributed by atoms with Gasteiger partial charge in [-0.2, -0.15) is 8.42 Å². The van der Waals surface area contributed by atoms with Gasteiger partial charge in [-0.3, -0.25) is 0 Å². The first-order valence-corrected chi connectivity index (χ1v) is 5.45. The smallest absolute Gasteiger partial charge is 0.269 e. The van der Waals surface area contributed by atoms with Gasteiger partial charge in [-0.15, -0.1) is 0 Å².